The number of hydrogen-bond donors (Lipinski definition) is 0. The fourth-order valence-electron chi connectivity index (χ4n) is 1.10. The number of rotatable bonds is 1. The Morgan fingerprint density at radius 3 is 2.62 bits per heavy atom. The second kappa shape index (κ2) is 3.26. The maximum absolute atomic E-state index is 10.7. The minimum atomic E-state index is -0.301. The highest BCUT2D eigenvalue weighted by Gasteiger charge is 2.10. The van der Waals surface area contributed by atoms with Crippen molar-refractivity contribution < 1.29 is 4.79 Å². The van der Waals surface area contributed by atoms with Crippen molar-refractivity contribution in [3.63, 3.8) is 0 Å². The SMILES string of the molecule is O=C1C=CC(c2ccncc2)N=N1. The zero-order valence-electron chi connectivity index (χ0n) is 6.79. The van der Waals surface area contributed by atoms with Gasteiger partial charge in [-0.1, -0.05) is 0 Å². The lowest BCUT2D eigenvalue weighted by atomic mass is 10.1. The Hall–Kier alpha value is -1.84. The van der Waals surface area contributed by atoms with E-state index in [1.807, 2.05) is 12.1 Å². The molecular weight excluding hydrogens is 166 g/mol. The molecule has 2 heterocycles. The van der Waals surface area contributed by atoms with Gasteiger partial charge in [0.1, 0.15) is 6.04 Å². The van der Waals surface area contributed by atoms with Crippen LogP contribution in [0.25, 0.3) is 0 Å². The summed E-state index contributed by atoms with van der Waals surface area (Å²) in [5.74, 6) is -0.301. The van der Waals surface area contributed by atoms with Gasteiger partial charge in [0.05, 0.1) is 0 Å². The van der Waals surface area contributed by atoms with Gasteiger partial charge in [0.15, 0.2) is 0 Å². The maximum atomic E-state index is 10.7. The van der Waals surface area contributed by atoms with Crippen LogP contribution in [0.5, 0.6) is 0 Å². The van der Waals surface area contributed by atoms with Crippen molar-refractivity contribution in [3.05, 3.63) is 42.2 Å². The molecule has 0 aliphatic carbocycles. The van der Waals surface area contributed by atoms with Crippen LogP contribution in [-0.4, -0.2) is 10.9 Å². The van der Waals surface area contributed by atoms with Crippen LogP contribution in [0.2, 0.25) is 0 Å². The molecule has 0 saturated carbocycles. The fraction of sp³-hybridized carbons (Fsp3) is 0.111. The number of carbonyl (C=O) groups is 1. The normalized spacial score (nSPS) is 20.6. The molecule has 0 bridgehead atoms. The van der Waals surface area contributed by atoms with Gasteiger partial charge >= 0.3 is 0 Å². The van der Waals surface area contributed by atoms with Gasteiger partial charge in [-0.05, 0) is 23.8 Å². The molecule has 1 aromatic heterocycles. The van der Waals surface area contributed by atoms with Gasteiger partial charge in [-0.15, -0.1) is 5.11 Å². The van der Waals surface area contributed by atoms with Gasteiger partial charge in [0, 0.05) is 18.5 Å². The number of nitrogens with zero attached hydrogens (tertiary/aromatic N) is 3. The number of carbonyl (C=O) groups excluding carboxylic acids is 1. The number of hydrogen-bond acceptors (Lipinski definition) is 3. The van der Waals surface area contributed by atoms with Crippen molar-refractivity contribution >= 4 is 5.91 Å². The van der Waals surface area contributed by atoms with E-state index in [0.29, 0.717) is 0 Å². The molecule has 1 aliphatic heterocycles. The molecule has 0 spiro atoms. The minimum absolute atomic E-state index is 0.138. The molecule has 4 heteroatoms. The highest BCUT2D eigenvalue weighted by Crippen LogP contribution is 2.20. The summed E-state index contributed by atoms with van der Waals surface area (Å²) in [6, 6.07) is 3.56. The van der Waals surface area contributed by atoms with Crippen molar-refractivity contribution in [2.45, 2.75) is 6.04 Å². The second-order valence-corrected chi connectivity index (χ2v) is 2.64. The van der Waals surface area contributed by atoms with E-state index in [-0.39, 0.29) is 11.9 Å². The van der Waals surface area contributed by atoms with Crippen LogP contribution < -0.4 is 0 Å². The molecule has 4 nitrogen and oxygen atoms in total. The van der Waals surface area contributed by atoms with Gasteiger partial charge in [-0.25, -0.2) is 0 Å². The van der Waals surface area contributed by atoms with E-state index in [0.717, 1.165) is 5.56 Å². The average molecular weight is 173 g/mol. The van der Waals surface area contributed by atoms with E-state index >= 15 is 0 Å². The summed E-state index contributed by atoms with van der Waals surface area (Å²) >= 11 is 0. The largest absolute Gasteiger partial charge is 0.287 e. The van der Waals surface area contributed by atoms with Crippen LogP contribution in [0.4, 0.5) is 0 Å². The first kappa shape index (κ1) is 7.79. The van der Waals surface area contributed by atoms with Crippen LogP contribution >= 0.6 is 0 Å². The van der Waals surface area contributed by atoms with Crippen LogP contribution in [-0.2, 0) is 4.79 Å². The molecular formula is C9H7N3O. The van der Waals surface area contributed by atoms with Gasteiger partial charge in [0.2, 0.25) is 0 Å². The first-order chi connectivity index (χ1) is 6.36. The minimum Gasteiger partial charge on any atom is -0.266 e. The molecule has 1 unspecified atom stereocenters. The summed E-state index contributed by atoms with van der Waals surface area (Å²) in [6.45, 7) is 0. The highest BCUT2D eigenvalue weighted by molar-refractivity contribution is 5.88. The summed E-state index contributed by atoms with van der Waals surface area (Å²) in [5, 5.41) is 7.31. The van der Waals surface area contributed by atoms with Crippen molar-refractivity contribution in [2.24, 2.45) is 10.2 Å². The van der Waals surface area contributed by atoms with Gasteiger partial charge in [-0.3, -0.25) is 9.78 Å². The van der Waals surface area contributed by atoms with Crippen molar-refractivity contribution in [1.29, 1.82) is 0 Å². The van der Waals surface area contributed by atoms with Gasteiger partial charge in [0.25, 0.3) is 5.91 Å². The lowest BCUT2D eigenvalue weighted by molar-refractivity contribution is -0.114. The van der Waals surface area contributed by atoms with E-state index in [9.17, 15) is 4.79 Å². The number of amides is 1. The van der Waals surface area contributed by atoms with Crippen molar-refractivity contribution in [2.75, 3.05) is 0 Å². The summed E-state index contributed by atoms with van der Waals surface area (Å²) in [7, 11) is 0. The zero-order valence-corrected chi connectivity index (χ0v) is 6.79. The molecule has 1 amide bonds. The maximum Gasteiger partial charge on any atom is 0.287 e. The second-order valence-electron chi connectivity index (χ2n) is 2.64. The summed E-state index contributed by atoms with van der Waals surface area (Å²) < 4.78 is 0. The zero-order chi connectivity index (χ0) is 9.10. The van der Waals surface area contributed by atoms with Crippen molar-refractivity contribution in [1.82, 2.24) is 4.98 Å². The number of pyridine rings is 1. The van der Waals surface area contributed by atoms with Gasteiger partial charge < -0.3 is 0 Å². The predicted molar refractivity (Wildman–Crippen MR) is 46.0 cm³/mol. The fourth-order valence-corrected chi connectivity index (χ4v) is 1.10. The topological polar surface area (TPSA) is 54.7 Å². The first-order valence-electron chi connectivity index (χ1n) is 3.89. The average Bonchev–Trinajstić information content (AvgIpc) is 2.20. The van der Waals surface area contributed by atoms with E-state index < -0.39 is 0 Å². The van der Waals surface area contributed by atoms with E-state index in [1.54, 1.807) is 18.5 Å². The third-order valence-corrected chi connectivity index (χ3v) is 1.75. The smallest absolute Gasteiger partial charge is 0.266 e. The van der Waals surface area contributed by atoms with Crippen molar-refractivity contribution in [3.8, 4) is 0 Å². The van der Waals surface area contributed by atoms with Crippen LogP contribution in [0, 0.1) is 0 Å². The standard InChI is InChI=1S/C9H7N3O/c13-9-2-1-8(11-12-9)7-3-5-10-6-4-7/h1-6,8H. The lowest BCUT2D eigenvalue weighted by Gasteiger charge is -2.07. The molecule has 0 radical (unpaired) electrons. The molecule has 1 aromatic rings. The Labute approximate surface area is 75.0 Å². The summed E-state index contributed by atoms with van der Waals surface area (Å²) in [5.41, 5.74) is 0.988. The van der Waals surface area contributed by atoms with E-state index in [2.05, 4.69) is 15.2 Å². The summed E-state index contributed by atoms with van der Waals surface area (Å²) in [6.07, 6.45) is 6.53. The van der Waals surface area contributed by atoms with E-state index in [4.69, 9.17) is 0 Å². The number of azo groups is 1. The highest BCUT2D eigenvalue weighted by atomic mass is 16.1. The Morgan fingerprint density at radius 1 is 1.23 bits per heavy atom. The van der Waals surface area contributed by atoms with Crippen LogP contribution in [0.1, 0.15) is 11.6 Å². The molecule has 2 rings (SSSR count). The molecule has 0 fully saturated rings. The quantitative estimate of drug-likeness (QED) is 0.648. The number of aromatic nitrogens is 1. The summed E-state index contributed by atoms with van der Waals surface area (Å²) in [4.78, 5) is 14.6. The molecule has 0 saturated heterocycles. The molecule has 64 valence electrons. The molecule has 0 aromatic carbocycles. The molecule has 0 N–H and O–H groups in total. The monoisotopic (exact) mass is 173 g/mol. The molecule has 1 aliphatic rings. The Morgan fingerprint density at radius 2 is 2.00 bits per heavy atom. The third-order valence-electron chi connectivity index (χ3n) is 1.75. The third kappa shape index (κ3) is 1.66. The first-order valence-corrected chi connectivity index (χ1v) is 3.89. The van der Waals surface area contributed by atoms with Crippen LogP contribution in [0.3, 0.4) is 0 Å². The Balaban J connectivity index is 2.25. The Bertz CT molecular complexity index is 354. The predicted octanol–water partition coefficient (Wildman–Crippen LogP) is 1.67. The molecule has 13 heavy (non-hydrogen) atoms. The van der Waals surface area contributed by atoms with Gasteiger partial charge in [-0.2, -0.15) is 5.11 Å². The lowest BCUT2D eigenvalue weighted by Crippen LogP contribution is -1.98. The molecule has 1 atom stereocenters. The van der Waals surface area contributed by atoms with E-state index in [1.165, 1.54) is 6.08 Å². The Kier molecular flexibility index (Phi) is 1.96. The van der Waals surface area contributed by atoms with Crippen LogP contribution in [0.15, 0.2) is 46.9 Å².